The minimum atomic E-state index is -4.60. The Bertz CT molecular complexity index is 1040. The first-order valence-corrected chi connectivity index (χ1v) is 10.1. The van der Waals surface area contributed by atoms with Gasteiger partial charge in [0.15, 0.2) is 9.84 Å². The van der Waals surface area contributed by atoms with Crippen molar-refractivity contribution in [1.82, 2.24) is 14.9 Å². The molecule has 1 aliphatic heterocycles. The smallest absolute Gasteiger partial charge is 0.334 e. The SMILES string of the molecule is C#CCN(CC(=O)Nc1ccc2nc(C(F)(F)F)[nH]c2c1)C1CCS(=O)(=O)C1. The minimum absolute atomic E-state index is 0.0533. The first-order valence-electron chi connectivity index (χ1n) is 8.32. The van der Waals surface area contributed by atoms with Gasteiger partial charge in [0.05, 0.1) is 35.6 Å². The number of aromatic nitrogens is 2. The maximum atomic E-state index is 12.7. The third-order valence-electron chi connectivity index (χ3n) is 4.40. The summed E-state index contributed by atoms with van der Waals surface area (Å²) in [4.78, 5) is 19.6. The van der Waals surface area contributed by atoms with Gasteiger partial charge in [-0.25, -0.2) is 13.4 Å². The molecule has 1 aromatic heterocycles. The molecular formula is C17H17F3N4O3S. The highest BCUT2D eigenvalue weighted by molar-refractivity contribution is 7.91. The van der Waals surface area contributed by atoms with Gasteiger partial charge in [0.25, 0.3) is 0 Å². The molecule has 1 aliphatic rings. The number of carbonyl (C=O) groups excluding carboxylic acids is 1. The minimum Gasteiger partial charge on any atom is -0.334 e. The van der Waals surface area contributed by atoms with Crippen molar-refractivity contribution in [3.63, 3.8) is 0 Å². The lowest BCUT2D eigenvalue weighted by Crippen LogP contribution is -2.41. The zero-order valence-corrected chi connectivity index (χ0v) is 15.4. The van der Waals surface area contributed by atoms with E-state index in [4.69, 9.17) is 6.42 Å². The Hall–Kier alpha value is -2.58. The number of halogens is 3. The Labute approximate surface area is 159 Å². The highest BCUT2D eigenvalue weighted by atomic mass is 32.2. The van der Waals surface area contributed by atoms with Crippen molar-refractivity contribution in [3.05, 3.63) is 24.0 Å². The summed E-state index contributed by atoms with van der Waals surface area (Å²) in [5.41, 5.74) is 0.539. The quantitative estimate of drug-likeness (QED) is 0.726. The summed E-state index contributed by atoms with van der Waals surface area (Å²) in [6, 6.07) is 3.81. The van der Waals surface area contributed by atoms with Crippen LogP contribution >= 0.6 is 0 Å². The summed E-state index contributed by atoms with van der Waals surface area (Å²) >= 11 is 0. The van der Waals surface area contributed by atoms with Gasteiger partial charge in [0.1, 0.15) is 0 Å². The van der Waals surface area contributed by atoms with Crippen LogP contribution in [-0.4, -0.2) is 59.8 Å². The summed E-state index contributed by atoms with van der Waals surface area (Å²) in [5, 5.41) is 2.59. The number of amides is 1. The molecule has 0 bridgehead atoms. The summed E-state index contributed by atoms with van der Waals surface area (Å²) in [7, 11) is -3.13. The third kappa shape index (κ3) is 4.63. The fourth-order valence-corrected chi connectivity index (χ4v) is 4.86. The van der Waals surface area contributed by atoms with E-state index in [0.29, 0.717) is 6.42 Å². The molecule has 2 heterocycles. The summed E-state index contributed by atoms with van der Waals surface area (Å²) in [5.74, 6) is 0.848. The van der Waals surface area contributed by atoms with E-state index in [1.807, 2.05) is 0 Å². The lowest BCUT2D eigenvalue weighted by atomic mass is 10.2. The van der Waals surface area contributed by atoms with E-state index in [1.165, 1.54) is 18.2 Å². The maximum Gasteiger partial charge on any atom is 0.449 e. The number of imidazole rings is 1. The molecule has 2 aromatic rings. The van der Waals surface area contributed by atoms with Gasteiger partial charge < -0.3 is 10.3 Å². The van der Waals surface area contributed by atoms with E-state index in [9.17, 15) is 26.4 Å². The fraction of sp³-hybridized carbons (Fsp3) is 0.412. The van der Waals surface area contributed by atoms with E-state index in [2.05, 4.69) is 21.2 Å². The van der Waals surface area contributed by atoms with Crippen LogP contribution in [-0.2, 0) is 20.8 Å². The van der Waals surface area contributed by atoms with Crippen molar-refractivity contribution in [1.29, 1.82) is 0 Å². The van der Waals surface area contributed by atoms with E-state index in [-0.39, 0.29) is 47.4 Å². The molecule has 150 valence electrons. The highest BCUT2D eigenvalue weighted by Gasteiger charge is 2.35. The lowest BCUT2D eigenvalue weighted by Gasteiger charge is -2.25. The first kappa shape index (κ1) is 20.2. The van der Waals surface area contributed by atoms with Gasteiger partial charge >= 0.3 is 6.18 Å². The number of rotatable bonds is 5. The molecule has 1 fully saturated rings. The molecule has 3 rings (SSSR count). The molecule has 28 heavy (non-hydrogen) atoms. The van der Waals surface area contributed by atoms with Gasteiger partial charge in [-0.05, 0) is 24.6 Å². The molecule has 1 saturated heterocycles. The van der Waals surface area contributed by atoms with E-state index >= 15 is 0 Å². The number of aromatic amines is 1. The molecule has 1 amide bonds. The molecule has 0 aliphatic carbocycles. The molecule has 1 unspecified atom stereocenters. The Morgan fingerprint density at radius 3 is 2.79 bits per heavy atom. The van der Waals surface area contributed by atoms with Gasteiger partial charge in [-0.15, -0.1) is 6.42 Å². The predicted octanol–water partition coefficient (Wildman–Crippen LogP) is 1.64. The van der Waals surface area contributed by atoms with Gasteiger partial charge in [0.2, 0.25) is 11.7 Å². The van der Waals surface area contributed by atoms with Gasteiger partial charge in [-0.1, -0.05) is 5.92 Å². The Morgan fingerprint density at radius 1 is 1.43 bits per heavy atom. The van der Waals surface area contributed by atoms with Crippen molar-refractivity contribution in [2.24, 2.45) is 0 Å². The van der Waals surface area contributed by atoms with Crippen molar-refractivity contribution < 1.29 is 26.4 Å². The molecule has 7 nitrogen and oxygen atoms in total. The van der Waals surface area contributed by atoms with Crippen LogP contribution in [0.15, 0.2) is 18.2 Å². The average Bonchev–Trinajstić information content (AvgIpc) is 3.17. The second-order valence-corrected chi connectivity index (χ2v) is 8.76. The number of hydrogen-bond acceptors (Lipinski definition) is 5. The van der Waals surface area contributed by atoms with Crippen molar-refractivity contribution in [3.8, 4) is 12.3 Å². The number of nitrogens with one attached hydrogen (secondary N) is 2. The van der Waals surface area contributed by atoms with Crippen LogP contribution in [0.5, 0.6) is 0 Å². The zero-order valence-electron chi connectivity index (χ0n) is 14.6. The highest BCUT2D eigenvalue weighted by Crippen LogP contribution is 2.29. The second kappa shape index (κ2) is 7.44. The molecule has 2 N–H and O–H groups in total. The largest absolute Gasteiger partial charge is 0.449 e. The van der Waals surface area contributed by atoms with E-state index in [1.54, 1.807) is 4.90 Å². The number of hydrogen-bond donors (Lipinski definition) is 2. The van der Waals surface area contributed by atoms with Crippen LogP contribution in [0.25, 0.3) is 11.0 Å². The number of alkyl halides is 3. The lowest BCUT2D eigenvalue weighted by molar-refractivity contribution is -0.144. The van der Waals surface area contributed by atoms with E-state index in [0.717, 1.165) is 0 Å². The standard InChI is InChI=1S/C17H17F3N4O3S/c1-2-6-24(12-5-7-28(26,27)10-12)9-15(25)21-11-3-4-13-14(8-11)23-16(22-13)17(18,19)20/h1,3-4,8,12H,5-7,9-10H2,(H,21,25)(H,22,23). The zero-order chi connectivity index (χ0) is 20.5. The monoisotopic (exact) mass is 414 g/mol. The molecule has 11 heteroatoms. The summed E-state index contributed by atoms with van der Waals surface area (Å²) < 4.78 is 61.5. The summed E-state index contributed by atoms with van der Waals surface area (Å²) in [6.07, 6.45) is 1.12. The topological polar surface area (TPSA) is 95.2 Å². The predicted molar refractivity (Wildman–Crippen MR) is 97.2 cm³/mol. The van der Waals surface area contributed by atoms with Crippen LogP contribution < -0.4 is 5.32 Å². The molecule has 0 saturated carbocycles. The normalized spacial score (nSPS) is 19.0. The Kier molecular flexibility index (Phi) is 5.36. The number of anilines is 1. The maximum absolute atomic E-state index is 12.7. The molecule has 0 radical (unpaired) electrons. The van der Waals surface area contributed by atoms with Gasteiger partial charge in [0, 0.05) is 11.7 Å². The molecular weight excluding hydrogens is 397 g/mol. The summed E-state index contributed by atoms with van der Waals surface area (Å²) in [6.45, 7) is -0.0126. The van der Waals surface area contributed by atoms with E-state index < -0.39 is 27.7 Å². The number of benzene rings is 1. The van der Waals surface area contributed by atoms with Crippen LogP contribution in [0.2, 0.25) is 0 Å². The number of sulfone groups is 1. The number of carbonyl (C=O) groups is 1. The molecule has 0 spiro atoms. The molecule has 1 atom stereocenters. The number of terminal acetylenes is 1. The van der Waals surface area contributed by atoms with Crippen molar-refractivity contribution >= 4 is 32.5 Å². The Balaban J connectivity index is 1.70. The molecule has 1 aromatic carbocycles. The second-order valence-electron chi connectivity index (χ2n) is 6.53. The Morgan fingerprint density at radius 2 is 2.18 bits per heavy atom. The van der Waals surface area contributed by atoms with Gasteiger partial charge in [-0.2, -0.15) is 13.2 Å². The number of H-pyrrole nitrogens is 1. The van der Waals surface area contributed by atoms with Gasteiger partial charge in [-0.3, -0.25) is 9.69 Å². The fourth-order valence-electron chi connectivity index (χ4n) is 3.10. The number of nitrogens with zero attached hydrogens (tertiary/aromatic N) is 2. The van der Waals surface area contributed by atoms with Crippen molar-refractivity contribution in [2.45, 2.75) is 18.6 Å². The van der Waals surface area contributed by atoms with Crippen LogP contribution in [0.4, 0.5) is 18.9 Å². The average molecular weight is 414 g/mol. The van der Waals surface area contributed by atoms with Crippen LogP contribution in [0.3, 0.4) is 0 Å². The van der Waals surface area contributed by atoms with Crippen LogP contribution in [0.1, 0.15) is 12.2 Å². The third-order valence-corrected chi connectivity index (χ3v) is 6.15. The van der Waals surface area contributed by atoms with Crippen molar-refractivity contribution in [2.75, 3.05) is 29.9 Å². The number of fused-ring (bicyclic) bond motifs is 1. The van der Waals surface area contributed by atoms with Crippen LogP contribution in [0, 0.1) is 12.3 Å². The first-order chi connectivity index (χ1) is 13.1.